The van der Waals surface area contributed by atoms with Crippen molar-refractivity contribution in [2.24, 2.45) is 0 Å². The van der Waals surface area contributed by atoms with Gasteiger partial charge in [-0.1, -0.05) is 0 Å². The molecule has 0 radical (unpaired) electrons. The quantitative estimate of drug-likeness (QED) is 0.636. The summed E-state index contributed by atoms with van der Waals surface area (Å²) in [6.45, 7) is 8.40. The fourth-order valence-corrected chi connectivity index (χ4v) is 4.30. The molecule has 2 rings (SSSR count). The van der Waals surface area contributed by atoms with Crippen LogP contribution in [0, 0.1) is 10.1 Å². The average Bonchev–Trinajstić information content (AvgIpc) is 2.33. The number of sulfone groups is 1. The van der Waals surface area contributed by atoms with E-state index in [0.29, 0.717) is 5.69 Å². The maximum atomic E-state index is 11.6. The lowest BCUT2D eigenvalue weighted by Crippen LogP contribution is -2.60. The van der Waals surface area contributed by atoms with Gasteiger partial charge in [-0.15, -0.1) is 0 Å². The fraction of sp³-hybridized carbons (Fsp3) is 0.625. The maximum Gasteiger partial charge on any atom is 0.293 e. The Morgan fingerprint density at radius 2 is 1.75 bits per heavy atom. The van der Waals surface area contributed by atoms with Gasteiger partial charge in [0.25, 0.3) is 5.69 Å². The average molecular weight is 355 g/mol. The van der Waals surface area contributed by atoms with E-state index in [0.717, 1.165) is 25.2 Å². The van der Waals surface area contributed by atoms with Crippen LogP contribution in [0.2, 0.25) is 0 Å². The Kier molecular flexibility index (Phi) is 4.67. The van der Waals surface area contributed by atoms with E-state index in [1.807, 2.05) is 0 Å². The molecule has 24 heavy (non-hydrogen) atoms. The summed E-state index contributed by atoms with van der Waals surface area (Å²) in [5.41, 5.74) is -0.0557. The van der Waals surface area contributed by atoms with Gasteiger partial charge in [0.1, 0.15) is 5.69 Å². The number of anilines is 1. The number of benzene rings is 1. The van der Waals surface area contributed by atoms with Gasteiger partial charge in [0.05, 0.1) is 9.82 Å². The van der Waals surface area contributed by atoms with E-state index in [9.17, 15) is 18.5 Å². The fourth-order valence-electron chi connectivity index (χ4n) is 3.66. The van der Waals surface area contributed by atoms with Crippen LogP contribution in [0.15, 0.2) is 23.1 Å². The summed E-state index contributed by atoms with van der Waals surface area (Å²) in [6.07, 6.45) is 2.65. The molecule has 1 saturated heterocycles. The van der Waals surface area contributed by atoms with Gasteiger partial charge >= 0.3 is 0 Å². The van der Waals surface area contributed by atoms with E-state index in [4.69, 9.17) is 0 Å². The van der Waals surface area contributed by atoms with Crippen LogP contribution in [0.4, 0.5) is 11.4 Å². The summed E-state index contributed by atoms with van der Waals surface area (Å²) in [4.78, 5) is 10.8. The van der Waals surface area contributed by atoms with Crippen molar-refractivity contribution in [3.05, 3.63) is 28.3 Å². The summed E-state index contributed by atoms with van der Waals surface area (Å²) in [6, 6.07) is 4.06. The van der Waals surface area contributed by atoms with E-state index in [1.54, 1.807) is 0 Å². The minimum absolute atomic E-state index is 0.0503. The van der Waals surface area contributed by atoms with Gasteiger partial charge in [-0.05, 0) is 52.7 Å². The molecule has 134 valence electrons. The van der Waals surface area contributed by atoms with Gasteiger partial charge in [0, 0.05) is 29.4 Å². The van der Waals surface area contributed by atoms with Crippen molar-refractivity contribution in [1.29, 1.82) is 0 Å². The molecule has 1 aliphatic heterocycles. The van der Waals surface area contributed by atoms with Crippen molar-refractivity contribution in [2.45, 2.75) is 62.6 Å². The molecule has 1 aromatic rings. The lowest BCUT2D eigenvalue weighted by Gasteiger charge is -2.46. The molecule has 0 saturated carbocycles. The van der Waals surface area contributed by atoms with Crippen LogP contribution in [0.25, 0.3) is 0 Å². The van der Waals surface area contributed by atoms with Crippen molar-refractivity contribution < 1.29 is 13.3 Å². The lowest BCUT2D eigenvalue weighted by atomic mass is 9.79. The first-order valence-corrected chi connectivity index (χ1v) is 9.73. The smallest absolute Gasteiger partial charge is 0.293 e. The Bertz CT molecular complexity index is 741. The predicted molar refractivity (Wildman–Crippen MR) is 94.1 cm³/mol. The first-order chi connectivity index (χ1) is 10.8. The summed E-state index contributed by atoms with van der Waals surface area (Å²) in [5.74, 6) is 0. The molecule has 8 heteroatoms. The standard InChI is InChI=1S/C16H25N3O4S/c1-15(2)9-11(10-16(3,4)18-15)17-13-7-6-12(24(5,22)23)8-14(13)19(20)21/h6-8,11,17-18H,9-10H2,1-5H3. The number of nitro groups is 1. The second kappa shape index (κ2) is 6.00. The summed E-state index contributed by atoms with van der Waals surface area (Å²) in [5, 5.41) is 18.2. The highest BCUT2D eigenvalue weighted by Gasteiger charge is 2.38. The molecule has 1 aromatic carbocycles. The highest BCUT2D eigenvalue weighted by molar-refractivity contribution is 7.90. The number of nitrogens with one attached hydrogen (secondary N) is 2. The van der Waals surface area contributed by atoms with Gasteiger partial charge in [0.2, 0.25) is 0 Å². The van der Waals surface area contributed by atoms with Crippen LogP contribution in [0.5, 0.6) is 0 Å². The molecule has 0 bridgehead atoms. The molecule has 0 unspecified atom stereocenters. The van der Waals surface area contributed by atoms with Crippen molar-refractivity contribution in [2.75, 3.05) is 11.6 Å². The van der Waals surface area contributed by atoms with Crippen LogP contribution in [0.1, 0.15) is 40.5 Å². The van der Waals surface area contributed by atoms with E-state index < -0.39 is 14.8 Å². The number of hydrogen-bond donors (Lipinski definition) is 2. The molecular weight excluding hydrogens is 330 g/mol. The number of hydrogen-bond acceptors (Lipinski definition) is 6. The zero-order chi connectivity index (χ0) is 18.3. The third-order valence-corrected chi connectivity index (χ3v) is 5.25. The van der Waals surface area contributed by atoms with Crippen molar-refractivity contribution >= 4 is 21.2 Å². The van der Waals surface area contributed by atoms with E-state index >= 15 is 0 Å². The second-order valence-electron chi connectivity index (χ2n) is 7.85. The molecule has 0 aliphatic carbocycles. The molecule has 1 fully saturated rings. The van der Waals surface area contributed by atoms with Crippen molar-refractivity contribution in [1.82, 2.24) is 5.32 Å². The molecule has 0 amide bonds. The molecule has 0 atom stereocenters. The van der Waals surface area contributed by atoms with Crippen molar-refractivity contribution in [3.63, 3.8) is 0 Å². The first kappa shape index (κ1) is 18.7. The highest BCUT2D eigenvalue weighted by atomic mass is 32.2. The molecule has 7 nitrogen and oxygen atoms in total. The van der Waals surface area contributed by atoms with Gasteiger partial charge in [-0.25, -0.2) is 8.42 Å². The van der Waals surface area contributed by atoms with Crippen LogP contribution < -0.4 is 10.6 Å². The Morgan fingerprint density at radius 1 is 1.21 bits per heavy atom. The zero-order valence-electron chi connectivity index (χ0n) is 14.7. The summed E-state index contributed by atoms with van der Waals surface area (Å²) < 4.78 is 23.3. The number of piperidine rings is 1. The molecule has 1 heterocycles. The summed E-state index contributed by atoms with van der Waals surface area (Å²) in [7, 11) is -3.49. The first-order valence-electron chi connectivity index (χ1n) is 7.83. The number of nitro benzene ring substituents is 1. The van der Waals surface area contributed by atoms with Crippen LogP contribution in [-0.2, 0) is 9.84 Å². The second-order valence-corrected chi connectivity index (χ2v) is 9.87. The Morgan fingerprint density at radius 3 is 2.21 bits per heavy atom. The normalized spacial score (nSPS) is 20.5. The minimum Gasteiger partial charge on any atom is -0.377 e. The van der Waals surface area contributed by atoms with Crippen molar-refractivity contribution in [3.8, 4) is 0 Å². The van der Waals surface area contributed by atoms with Gasteiger partial charge in [-0.3, -0.25) is 10.1 Å². The molecular formula is C16H25N3O4S. The topological polar surface area (TPSA) is 101 Å². The molecule has 1 aliphatic rings. The van der Waals surface area contributed by atoms with E-state index in [-0.39, 0.29) is 27.7 Å². The number of rotatable bonds is 4. The predicted octanol–water partition coefficient (Wildman–Crippen LogP) is 2.72. The van der Waals surface area contributed by atoms with E-state index in [2.05, 4.69) is 38.3 Å². The van der Waals surface area contributed by atoms with E-state index in [1.165, 1.54) is 12.1 Å². The molecule has 0 aromatic heterocycles. The Balaban J connectivity index is 2.34. The Hall–Kier alpha value is -1.67. The minimum atomic E-state index is -3.49. The summed E-state index contributed by atoms with van der Waals surface area (Å²) >= 11 is 0. The lowest BCUT2D eigenvalue weighted by molar-refractivity contribution is -0.384. The van der Waals surface area contributed by atoms with Crippen LogP contribution in [-0.4, -0.2) is 36.7 Å². The SMILES string of the molecule is CC1(C)CC(Nc2ccc(S(C)(=O)=O)cc2[N+](=O)[O-])CC(C)(C)N1. The van der Waals surface area contributed by atoms with Gasteiger partial charge in [-0.2, -0.15) is 0 Å². The van der Waals surface area contributed by atoms with Crippen LogP contribution >= 0.6 is 0 Å². The van der Waals surface area contributed by atoms with Gasteiger partial charge in [0.15, 0.2) is 9.84 Å². The monoisotopic (exact) mass is 355 g/mol. The molecule has 2 N–H and O–H groups in total. The largest absolute Gasteiger partial charge is 0.377 e. The number of nitrogens with zero attached hydrogens (tertiary/aromatic N) is 1. The van der Waals surface area contributed by atoms with Crippen LogP contribution in [0.3, 0.4) is 0 Å². The third kappa shape index (κ3) is 4.45. The molecule has 0 spiro atoms. The maximum absolute atomic E-state index is 11.6. The zero-order valence-corrected chi connectivity index (χ0v) is 15.5. The highest BCUT2D eigenvalue weighted by Crippen LogP contribution is 2.34. The van der Waals surface area contributed by atoms with Gasteiger partial charge < -0.3 is 10.6 Å². The third-order valence-electron chi connectivity index (χ3n) is 4.14. The Labute approximate surface area is 142 Å².